The van der Waals surface area contributed by atoms with Crippen molar-refractivity contribution < 1.29 is 13.9 Å². The molecule has 0 atom stereocenters. The van der Waals surface area contributed by atoms with Crippen molar-refractivity contribution in [1.29, 1.82) is 0 Å². The minimum Gasteiger partial charge on any atom is -0.497 e. The van der Waals surface area contributed by atoms with Gasteiger partial charge in [0.2, 0.25) is 0 Å². The molecule has 0 heterocycles. The first-order chi connectivity index (χ1) is 9.52. The summed E-state index contributed by atoms with van der Waals surface area (Å²) in [7, 11) is 1.50. The lowest BCUT2D eigenvalue weighted by atomic mass is 10.2. The van der Waals surface area contributed by atoms with Crippen LogP contribution in [0.3, 0.4) is 0 Å². The number of nitrogens with one attached hydrogen (secondary N) is 1. The summed E-state index contributed by atoms with van der Waals surface area (Å²) in [5.74, 6) is -0.537. The van der Waals surface area contributed by atoms with Crippen LogP contribution in [0.2, 0.25) is 0 Å². The van der Waals surface area contributed by atoms with Crippen molar-refractivity contribution in [3.63, 3.8) is 0 Å². The topological polar surface area (TPSA) is 64.3 Å². The van der Waals surface area contributed by atoms with Gasteiger partial charge in [-0.05, 0) is 46.3 Å². The van der Waals surface area contributed by atoms with Gasteiger partial charge in [0.05, 0.1) is 18.4 Å². The number of nitrogen functional groups attached to an aromatic ring is 1. The quantitative estimate of drug-likeness (QED) is 0.842. The standard InChI is InChI=1S/C14H12BrFN2O2/c1-20-8-5-6-10(15)9(7-8)14(19)18-13-11(16)3-2-4-12(13)17/h2-7H,17H2,1H3,(H,18,19). The Kier molecular flexibility index (Phi) is 4.24. The van der Waals surface area contributed by atoms with Crippen molar-refractivity contribution in [2.24, 2.45) is 0 Å². The van der Waals surface area contributed by atoms with E-state index in [4.69, 9.17) is 10.5 Å². The molecule has 1 amide bonds. The number of carbonyl (C=O) groups excluding carboxylic acids is 1. The van der Waals surface area contributed by atoms with E-state index in [1.54, 1.807) is 18.2 Å². The van der Waals surface area contributed by atoms with Crippen LogP contribution in [0.5, 0.6) is 5.75 Å². The van der Waals surface area contributed by atoms with Gasteiger partial charge in [-0.3, -0.25) is 4.79 Å². The molecule has 0 aliphatic carbocycles. The van der Waals surface area contributed by atoms with Gasteiger partial charge in [-0.1, -0.05) is 6.07 Å². The third-order valence-corrected chi connectivity index (χ3v) is 3.39. The maximum absolute atomic E-state index is 13.6. The molecule has 6 heteroatoms. The maximum atomic E-state index is 13.6. The van der Waals surface area contributed by atoms with E-state index in [2.05, 4.69) is 21.2 Å². The number of para-hydroxylation sites is 1. The minimum atomic E-state index is -0.586. The van der Waals surface area contributed by atoms with Crippen LogP contribution in [-0.4, -0.2) is 13.0 Å². The van der Waals surface area contributed by atoms with Crippen molar-refractivity contribution in [3.05, 3.63) is 52.3 Å². The predicted octanol–water partition coefficient (Wildman–Crippen LogP) is 3.43. The highest BCUT2D eigenvalue weighted by atomic mass is 79.9. The van der Waals surface area contributed by atoms with Gasteiger partial charge in [0.25, 0.3) is 5.91 Å². The molecule has 104 valence electrons. The molecule has 0 aliphatic heterocycles. The van der Waals surface area contributed by atoms with Gasteiger partial charge in [-0.25, -0.2) is 4.39 Å². The third-order valence-electron chi connectivity index (χ3n) is 2.70. The zero-order valence-corrected chi connectivity index (χ0v) is 12.2. The second kappa shape index (κ2) is 5.92. The van der Waals surface area contributed by atoms with E-state index in [1.165, 1.54) is 25.3 Å². The summed E-state index contributed by atoms with van der Waals surface area (Å²) in [6, 6.07) is 9.15. The van der Waals surface area contributed by atoms with Crippen LogP contribution in [0.15, 0.2) is 40.9 Å². The molecule has 0 radical (unpaired) electrons. The lowest BCUT2D eigenvalue weighted by Crippen LogP contribution is -2.15. The largest absolute Gasteiger partial charge is 0.497 e. The Morgan fingerprint density at radius 2 is 2.10 bits per heavy atom. The third kappa shape index (κ3) is 2.91. The van der Waals surface area contributed by atoms with Crippen molar-refractivity contribution in [1.82, 2.24) is 0 Å². The molecule has 20 heavy (non-hydrogen) atoms. The van der Waals surface area contributed by atoms with Crippen LogP contribution in [0.25, 0.3) is 0 Å². The first-order valence-corrected chi connectivity index (χ1v) is 6.51. The average molecular weight is 339 g/mol. The maximum Gasteiger partial charge on any atom is 0.257 e. The van der Waals surface area contributed by atoms with Crippen LogP contribution in [0, 0.1) is 5.82 Å². The van der Waals surface area contributed by atoms with Crippen molar-refractivity contribution in [3.8, 4) is 5.75 Å². The molecule has 2 rings (SSSR count). The van der Waals surface area contributed by atoms with Crippen molar-refractivity contribution in [2.45, 2.75) is 0 Å². The number of hydrogen-bond donors (Lipinski definition) is 2. The molecule has 0 aromatic heterocycles. The van der Waals surface area contributed by atoms with E-state index in [1.807, 2.05) is 0 Å². The normalized spacial score (nSPS) is 10.2. The molecule has 0 saturated carbocycles. The molecular formula is C14H12BrFN2O2. The number of hydrogen-bond acceptors (Lipinski definition) is 3. The van der Waals surface area contributed by atoms with Gasteiger partial charge < -0.3 is 15.8 Å². The summed E-state index contributed by atoms with van der Waals surface area (Å²) >= 11 is 3.27. The molecule has 0 bridgehead atoms. The SMILES string of the molecule is COc1ccc(Br)c(C(=O)Nc2c(N)cccc2F)c1. The number of nitrogens with two attached hydrogens (primary N) is 1. The molecule has 0 aliphatic rings. The zero-order chi connectivity index (χ0) is 14.7. The molecular weight excluding hydrogens is 327 g/mol. The zero-order valence-electron chi connectivity index (χ0n) is 10.6. The summed E-state index contributed by atoms with van der Waals surface area (Å²) in [5, 5.41) is 2.46. The Balaban J connectivity index is 2.33. The smallest absolute Gasteiger partial charge is 0.257 e. The number of carbonyl (C=O) groups is 1. The molecule has 2 aromatic rings. The highest BCUT2D eigenvalue weighted by Gasteiger charge is 2.15. The van der Waals surface area contributed by atoms with E-state index in [9.17, 15) is 9.18 Å². The van der Waals surface area contributed by atoms with Crippen LogP contribution in [0.4, 0.5) is 15.8 Å². The first-order valence-electron chi connectivity index (χ1n) is 5.72. The van der Waals surface area contributed by atoms with Crippen LogP contribution in [-0.2, 0) is 0 Å². The first kappa shape index (κ1) is 14.3. The molecule has 3 N–H and O–H groups in total. The lowest BCUT2D eigenvalue weighted by Gasteiger charge is -2.11. The molecule has 0 saturated heterocycles. The predicted molar refractivity (Wildman–Crippen MR) is 79.5 cm³/mol. The van der Waals surface area contributed by atoms with Gasteiger partial charge in [-0.2, -0.15) is 0 Å². The monoisotopic (exact) mass is 338 g/mol. The van der Waals surface area contributed by atoms with E-state index in [0.29, 0.717) is 15.8 Å². The Hall–Kier alpha value is -2.08. The van der Waals surface area contributed by atoms with E-state index in [-0.39, 0.29) is 11.4 Å². The Morgan fingerprint density at radius 1 is 1.35 bits per heavy atom. The Labute approximate surface area is 123 Å². The summed E-state index contributed by atoms with van der Waals surface area (Å²) in [6.07, 6.45) is 0. The van der Waals surface area contributed by atoms with E-state index < -0.39 is 11.7 Å². The number of ether oxygens (including phenoxy) is 1. The van der Waals surface area contributed by atoms with Gasteiger partial charge in [0.15, 0.2) is 0 Å². The number of amides is 1. The number of methoxy groups -OCH3 is 1. The van der Waals surface area contributed by atoms with Gasteiger partial charge in [-0.15, -0.1) is 0 Å². The average Bonchev–Trinajstić information content (AvgIpc) is 2.43. The highest BCUT2D eigenvalue weighted by Crippen LogP contribution is 2.26. The van der Waals surface area contributed by atoms with Crippen molar-refractivity contribution in [2.75, 3.05) is 18.2 Å². The van der Waals surface area contributed by atoms with Gasteiger partial charge in [0, 0.05) is 4.47 Å². The van der Waals surface area contributed by atoms with Gasteiger partial charge >= 0.3 is 0 Å². The van der Waals surface area contributed by atoms with Crippen LogP contribution in [0.1, 0.15) is 10.4 Å². The van der Waals surface area contributed by atoms with Gasteiger partial charge in [0.1, 0.15) is 17.3 Å². The minimum absolute atomic E-state index is 0.0350. The number of rotatable bonds is 3. The van der Waals surface area contributed by atoms with Crippen molar-refractivity contribution >= 4 is 33.2 Å². The Morgan fingerprint density at radius 3 is 2.75 bits per heavy atom. The fourth-order valence-electron chi connectivity index (χ4n) is 1.66. The van der Waals surface area contributed by atoms with E-state index >= 15 is 0 Å². The number of halogens is 2. The molecule has 0 unspecified atom stereocenters. The molecule has 4 nitrogen and oxygen atoms in total. The summed E-state index contributed by atoms with van der Waals surface area (Å²) in [4.78, 5) is 12.2. The fraction of sp³-hybridized carbons (Fsp3) is 0.0714. The second-order valence-electron chi connectivity index (χ2n) is 4.00. The molecule has 0 fully saturated rings. The fourth-order valence-corrected chi connectivity index (χ4v) is 2.09. The Bertz CT molecular complexity index is 641. The number of anilines is 2. The number of benzene rings is 2. The van der Waals surface area contributed by atoms with Crippen LogP contribution >= 0.6 is 15.9 Å². The summed E-state index contributed by atoms with van der Waals surface area (Å²) < 4.78 is 19.3. The van der Waals surface area contributed by atoms with Crippen LogP contribution < -0.4 is 15.8 Å². The van der Waals surface area contributed by atoms with E-state index in [0.717, 1.165) is 0 Å². The molecule has 2 aromatic carbocycles. The lowest BCUT2D eigenvalue weighted by molar-refractivity contribution is 0.102. The summed E-state index contributed by atoms with van der Waals surface area (Å²) in [5.41, 5.74) is 6.11. The second-order valence-corrected chi connectivity index (χ2v) is 4.86. The highest BCUT2D eigenvalue weighted by molar-refractivity contribution is 9.10. The molecule has 0 spiro atoms. The summed E-state index contributed by atoms with van der Waals surface area (Å²) in [6.45, 7) is 0.